The second-order valence-corrected chi connectivity index (χ2v) is 7.88. The maximum atomic E-state index is 13.2. The van der Waals surface area contributed by atoms with Crippen LogP contribution in [0.25, 0.3) is 16.7 Å². The molecule has 170 valence electrons. The molecule has 0 saturated carbocycles. The van der Waals surface area contributed by atoms with Gasteiger partial charge in [-0.3, -0.25) is 4.79 Å². The minimum atomic E-state index is -4.71. The highest BCUT2D eigenvalue weighted by molar-refractivity contribution is 6.30. The van der Waals surface area contributed by atoms with Crippen LogP contribution in [0.2, 0.25) is 5.02 Å². The van der Waals surface area contributed by atoms with Crippen molar-refractivity contribution in [1.29, 1.82) is 0 Å². The first-order valence-electron chi connectivity index (χ1n) is 9.80. The van der Waals surface area contributed by atoms with Crippen molar-refractivity contribution in [2.24, 2.45) is 0 Å². The van der Waals surface area contributed by atoms with Crippen LogP contribution in [0, 0.1) is 13.8 Å². The van der Waals surface area contributed by atoms with E-state index in [1.54, 1.807) is 25.1 Å². The summed E-state index contributed by atoms with van der Waals surface area (Å²) < 4.78 is 51.9. The van der Waals surface area contributed by atoms with Crippen LogP contribution in [0.1, 0.15) is 27.3 Å². The number of nitrogens with zero attached hydrogens (tertiary/aromatic N) is 1. The smallest absolute Gasteiger partial charge is 0.417 e. The number of ketones is 1. The third kappa shape index (κ3) is 4.52. The standard InChI is InChI=1S/C24H17ClF3NO4/c1-13-9-19(14(2)29(13)16-5-3-15(25)4-6-16)21(30)12-32-17-7-8-18-20(24(26,27)28)11-23(31)33-22(18)10-17/h3-11H,12H2,1-2H3. The lowest BCUT2D eigenvalue weighted by molar-refractivity contribution is -0.136. The van der Waals surface area contributed by atoms with E-state index in [-0.39, 0.29) is 29.1 Å². The van der Waals surface area contributed by atoms with Gasteiger partial charge >= 0.3 is 11.8 Å². The number of carbonyl (C=O) groups excluding carboxylic acids is 1. The van der Waals surface area contributed by atoms with Gasteiger partial charge in [-0.25, -0.2) is 4.79 Å². The van der Waals surface area contributed by atoms with Crippen molar-refractivity contribution in [2.75, 3.05) is 6.61 Å². The first-order chi connectivity index (χ1) is 15.5. The van der Waals surface area contributed by atoms with E-state index in [1.165, 1.54) is 6.07 Å². The summed E-state index contributed by atoms with van der Waals surface area (Å²) in [7, 11) is 0. The van der Waals surface area contributed by atoms with E-state index in [4.69, 9.17) is 20.8 Å². The van der Waals surface area contributed by atoms with Crippen molar-refractivity contribution >= 4 is 28.4 Å². The Morgan fingerprint density at radius 1 is 1.06 bits per heavy atom. The van der Waals surface area contributed by atoms with Crippen molar-refractivity contribution in [2.45, 2.75) is 20.0 Å². The summed E-state index contributed by atoms with van der Waals surface area (Å²) in [5, 5.41) is 0.326. The van der Waals surface area contributed by atoms with Crippen LogP contribution in [0.3, 0.4) is 0 Å². The Hall–Kier alpha value is -3.52. The number of alkyl halides is 3. The quantitative estimate of drug-likeness (QED) is 0.257. The number of benzene rings is 2. The van der Waals surface area contributed by atoms with Gasteiger partial charge in [-0.1, -0.05) is 11.6 Å². The molecule has 0 amide bonds. The number of aromatic nitrogens is 1. The van der Waals surface area contributed by atoms with Crippen molar-refractivity contribution in [1.82, 2.24) is 4.57 Å². The molecule has 0 spiro atoms. The predicted octanol–water partition coefficient (Wildman–Crippen LogP) is 6.13. The molecule has 0 radical (unpaired) electrons. The third-order valence-corrected chi connectivity index (χ3v) is 5.46. The molecule has 0 N–H and O–H groups in total. The van der Waals surface area contributed by atoms with Crippen LogP contribution in [0.5, 0.6) is 5.75 Å². The predicted molar refractivity (Wildman–Crippen MR) is 118 cm³/mol. The lowest BCUT2D eigenvalue weighted by Gasteiger charge is -2.11. The molecule has 0 aliphatic carbocycles. The average molecular weight is 476 g/mol. The number of hydrogen-bond donors (Lipinski definition) is 0. The maximum absolute atomic E-state index is 13.2. The van der Waals surface area contributed by atoms with Crippen LogP contribution < -0.4 is 10.4 Å². The second-order valence-electron chi connectivity index (χ2n) is 7.44. The normalized spacial score (nSPS) is 11.7. The molecular formula is C24H17ClF3NO4. The van der Waals surface area contributed by atoms with Gasteiger partial charge in [-0.2, -0.15) is 13.2 Å². The fourth-order valence-electron chi connectivity index (χ4n) is 3.73. The summed E-state index contributed by atoms with van der Waals surface area (Å²) >= 11 is 5.95. The molecule has 0 saturated heterocycles. The third-order valence-electron chi connectivity index (χ3n) is 5.21. The zero-order chi connectivity index (χ0) is 23.9. The van der Waals surface area contributed by atoms with E-state index in [0.29, 0.717) is 22.3 Å². The molecule has 4 rings (SSSR count). The van der Waals surface area contributed by atoms with Crippen LogP contribution in [0.15, 0.2) is 63.8 Å². The molecule has 0 unspecified atom stereocenters. The SMILES string of the molecule is Cc1cc(C(=O)COc2ccc3c(C(F)(F)F)cc(=O)oc3c2)c(C)n1-c1ccc(Cl)cc1. The Kier molecular flexibility index (Phi) is 5.80. The van der Waals surface area contributed by atoms with E-state index in [0.717, 1.165) is 23.5 Å². The van der Waals surface area contributed by atoms with Gasteiger partial charge in [0.25, 0.3) is 0 Å². The van der Waals surface area contributed by atoms with E-state index in [1.807, 2.05) is 23.6 Å². The Labute approximate surface area is 191 Å². The largest absolute Gasteiger partial charge is 0.485 e. The molecule has 0 fully saturated rings. The summed E-state index contributed by atoms with van der Waals surface area (Å²) in [6.45, 7) is 3.32. The molecule has 9 heteroatoms. The lowest BCUT2D eigenvalue weighted by atomic mass is 10.1. The van der Waals surface area contributed by atoms with Gasteiger partial charge in [-0.05, 0) is 56.3 Å². The number of ether oxygens (including phenoxy) is 1. The van der Waals surface area contributed by atoms with Gasteiger partial charge in [0.1, 0.15) is 11.3 Å². The molecule has 2 aromatic carbocycles. The maximum Gasteiger partial charge on any atom is 0.417 e. The molecule has 2 aromatic heterocycles. The van der Waals surface area contributed by atoms with E-state index >= 15 is 0 Å². The monoisotopic (exact) mass is 475 g/mol. The Morgan fingerprint density at radius 3 is 2.42 bits per heavy atom. The number of fused-ring (bicyclic) bond motifs is 1. The first-order valence-corrected chi connectivity index (χ1v) is 10.2. The van der Waals surface area contributed by atoms with Crippen LogP contribution in [0.4, 0.5) is 13.2 Å². The fraction of sp³-hybridized carbons (Fsp3) is 0.167. The number of aryl methyl sites for hydroxylation is 1. The van der Waals surface area contributed by atoms with Crippen molar-refractivity contribution < 1.29 is 27.1 Å². The minimum absolute atomic E-state index is 0.102. The van der Waals surface area contributed by atoms with Gasteiger partial charge in [0.05, 0.1) is 5.56 Å². The number of carbonyl (C=O) groups is 1. The number of Topliss-reactive ketones (excluding diaryl/α,β-unsaturated/α-hetero) is 1. The van der Waals surface area contributed by atoms with Crippen molar-refractivity contribution in [3.05, 3.63) is 92.6 Å². The first kappa shape index (κ1) is 22.7. The highest BCUT2D eigenvalue weighted by Gasteiger charge is 2.33. The molecule has 2 heterocycles. The summed E-state index contributed by atoms with van der Waals surface area (Å²) in [5.41, 5.74) is 0.353. The summed E-state index contributed by atoms with van der Waals surface area (Å²) in [6, 6.07) is 12.9. The summed E-state index contributed by atoms with van der Waals surface area (Å²) in [4.78, 5) is 24.4. The molecule has 5 nitrogen and oxygen atoms in total. The van der Waals surface area contributed by atoms with Gasteiger partial charge in [0, 0.05) is 45.2 Å². The molecule has 33 heavy (non-hydrogen) atoms. The van der Waals surface area contributed by atoms with Gasteiger partial charge < -0.3 is 13.7 Å². The Morgan fingerprint density at radius 2 is 1.76 bits per heavy atom. The molecule has 0 bridgehead atoms. The molecular weight excluding hydrogens is 459 g/mol. The number of halogens is 4. The van der Waals surface area contributed by atoms with Gasteiger partial charge in [0.15, 0.2) is 6.61 Å². The highest BCUT2D eigenvalue weighted by Crippen LogP contribution is 2.35. The Bertz CT molecular complexity index is 1420. The number of rotatable bonds is 5. The topological polar surface area (TPSA) is 61.4 Å². The van der Waals surface area contributed by atoms with E-state index in [9.17, 15) is 22.8 Å². The Balaban J connectivity index is 1.58. The molecule has 0 aliphatic heterocycles. The van der Waals surface area contributed by atoms with E-state index < -0.39 is 17.4 Å². The molecule has 4 aromatic rings. The molecule has 0 atom stereocenters. The van der Waals surface area contributed by atoms with Crippen LogP contribution in [-0.4, -0.2) is 17.0 Å². The van der Waals surface area contributed by atoms with E-state index in [2.05, 4.69) is 0 Å². The van der Waals surface area contributed by atoms with Crippen molar-refractivity contribution in [3.8, 4) is 11.4 Å². The van der Waals surface area contributed by atoms with Gasteiger partial charge in [-0.15, -0.1) is 0 Å². The van der Waals surface area contributed by atoms with Crippen LogP contribution >= 0.6 is 11.6 Å². The number of hydrogen-bond acceptors (Lipinski definition) is 4. The fourth-order valence-corrected chi connectivity index (χ4v) is 3.85. The second kappa shape index (κ2) is 8.44. The average Bonchev–Trinajstić information content (AvgIpc) is 3.05. The van der Waals surface area contributed by atoms with Crippen LogP contribution in [-0.2, 0) is 6.18 Å². The minimum Gasteiger partial charge on any atom is -0.485 e. The molecule has 0 aliphatic rings. The van der Waals surface area contributed by atoms with Crippen molar-refractivity contribution in [3.63, 3.8) is 0 Å². The zero-order valence-electron chi connectivity index (χ0n) is 17.5. The highest BCUT2D eigenvalue weighted by atomic mass is 35.5. The summed E-state index contributed by atoms with van der Waals surface area (Å²) in [6.07, 6.45) is -4.71. The van der Waals surface area contributed by atoms with Gasteiger partial charge in [0.2, 0.25) is 5.78 Å². The summed E-state index contributed by atoms with van der Waals surface area (Å²) in [5.74, 6) is -0.210. The zero-order valence-corrected chi connectivity index (χ0v) is 18.3. The lowest BCUT2D eigenvalue weighted by Crippen LogP contribution is -2.13.